The first-order valence-electron chi connectivity index (χ1n) is 4.85. The van der Waals surface area contributed by atoms with Crippen LogP contribution in [-0.4, -0.2) is 22.6 Å². The van der Waals surface area contributed by atoms with Crippen molar-refractivity contribution >= 4 is 21.8 Å². The van der Waals surface area contributed by atoms with Gasteiger partial charge >= 0.3 is 6.18 Å². The first kappa shape index (κ1) is 12.3. The average molecular weight is 309 g/mol. The lowest BCUT2D eigenvalue weighted by atomic mass is 10.2. The zero-order valence-electron chi connectivity index (χ0n) is 8.51. The quantitative estimate of drug-likeness (QED) is 0.854. The maximum Gasteiger partial charge on any atom is 0.411 e. The van der Waals surface area contributed by atoms with Gasteiger partial charge in [0, 0.05) is 6.20 Å². The van der Waals surface area contributed by atoms with E-state index in [4.69, 9.17) is 0 Å². The molecule has 0 atom stereocenters. The number of carbonyl (C=O) groups is 1. The van der Waals surface area contributed by atoms with Gasteiger partial charge in [-0.3, -0.25) is 4.79 Å². The summed E-state index contributed by atoms with van der Waals surface area (Å²) in [6.45, 7) is 0. The number of aromatic nitrogens is 1. The van der Waals surface area contributed by atoms with Gasteiger partial charge in [0.05, 0.1) is 5.56 Å². The standard InChI is InChI=1S/C10H8BrF3N2O/c11-7-2-1-6(5-15-7)8(17)16-9(3-4-9)10(12,13)14/h1-2,5H,3-4H2,(H,16,17). The maximum absolute atomic E-state index is 12.6. The van der Waals surface area contributed by atoms with Crippen LogP contribution in [0.15, 0.2) is 22.9 Å². The molecule has 1 aromatic rings. The van der Waals surface area contributed by atoms with E-state index in [0.717, 1.165) is 0 Å². The fraction of sp³-hybridized carbons (Fsp3) is 0.400. The molecule has 1 aromatic heterocycles. The van der Waals surface area contributed by atoms with Crippen molar-refractivity contribution in [3.63, 3.8) is 0 Å². The van der Waals surface area contributed by atoms with Gasteiger partial charge in [0.15, 0.2) is 0 Å². The Balaban J connectivity index is 2.10. The molecule has 92 valence electrons. The molecule has 1 aliphatic rings. The molecule has 0 saturated heterocycles. The van der Waals surface area contributed by atoms with E-state index in [1.807, 2.05) is 5.32 Å². The SMILES string of the molecule is O=C(NC1(C(F)(F)F)CC1)c1ccc(Br)nc1. The molecule has 1 fully saturated rings. The van der Waals surface area contributed by atoms with Crippen molar-refractivity contribution in [1.82, 2.24) is 10.3 Å². The molecule has 1 heterocycles. The average Bonchev–Trinajstić information content (AvgIpc) is 2.98. The molecule has 0 radical (unpaired) electrons. The molecule has 0 unspecified atom stereocenters. The van der Waals surface area contributed by atoms with E-state index in [0.29, 0.717) is 4.60 Å². The van der Waals surface area contributed by atoms with E-state index in [9.17, 15) is 18.0 Å². The van der Waals surface area contributed by atoms with E-state index in [1.165, 1.54) is 18.3 Å². The number of hydrogen-bond acceptors (Lipinski definition) is 2. The number of amides is 1. The summed E-state index contributed by atoms with van der Waals surface area (Å²) in [6.07, 6.45) is -3.30. The summed E-state index contributed by atoms with van der Waals surface area (Å²) in [6, 6.07) is 2.92. The van der Waals surface area contributed by atoms with Gasteiger partial charge < -0.3 is 5.32 Å². The lowest BCUT2D eigenvalue weighted by molar-refractivity contribution is -0.163. The van der Waals surface area contributed by atoms with Gasteiger partial charge in [-0.25, -0.2) is 4.98 Å². The van der Waals surface area contributed by atoms with Crippen LogP contribution in [-0.2, 0) is 0 Å². The van der Waals surface area contributed by atoms with Gasteiger partial charge in [0.2, 0.25) is 0 Å². The number of rotatable bonds is 2. The fourth-order valence-electron chi connectivity index (χ4n) is 1.40. The van der Waals surface area contributed by atoms with Crippen LogP contribution in [0.5, 0.6) is 0 Å². The Morgan fingerprint density at radius 2 is 2.06 bits per heavy atom. The summed E-state index contributed by atoms with van der Waals surface area (Å²) in [5.74, 6) is -0.750. The highest BCUT2D eigenvalue weighted by molar-refractivity contribution is 9.10. The Morgan fingerprint density at radius 1 is 1.41 bits per heavy atom. The van der Waals surface area contributed by atoms with E-state index >= 15 is 0 Å². The molecule has 0 bridgehead atoms. The van der Waals surface area contributed by atoms with Crippen LogP contribution in [0.1, 0.15) is 23.2 Å². The number of nitrogens with one attached hydrogen (secondary N) is 1. The predicted octanol–water partition coefficient (Wildman–Crippen LogP) is 2.67. The van der Waals surface area contributed by atoms with Crippen LogP contribution in [0.3, 0.4) is 0 Å². The van der Waals surface area contributed by atoms with Crippen molar-refractivity contribution in [2.75, 3.05) is 0 Å². The minimum absolute atomic E-state index is 0.0633. The summed E-state index contributed by atoms with van der Waals surface area (Å²) >= 11 is 3.08. The molecule has 2 rings (SSSR count). The maximum atomic E-state index is 12.6. The van der Waals surface area contributed by atoms with Crippen LogP contribution in [0.25, 0.3) is 0 Å². The molecule has 0 aliphatic heterocycles. The molecule has 17 heavy (non-hydrogen) atoms. The second-order valence-electron chi connectivity index (χ2n) is 3.90. The van der Waals surface area contributed by atoms with Gasteiger partial charge in [-0.1, -0.05) is 0 Å². The zero-order valence-corrected chi connectivity index (χ0v) is 10.1. The molecule has 0 aromatic carbocycles. The molecule has 3 nitrogen and oxygen atoms in total. The van der Waals surface area contributed by atoms with Crippen LogP contribution >= 0.6 is 15.9 Å². The van der Waals surface area contributed by atoms with E-state index in [1.54, 1.807) is 0 Å². The Bertz CT molecular complexity index is 440. The number of nitrogens with zero attached hydrogens (tertiary/aromatic N) is 1. The molecule has 1 aliphatic carbocycles. The largest absolute Gasteiger partial charge is 0.411 e. The van der Waals surface area contributed by atoms with Crippen molar-refractivity contribution in [2.24, 2.45) is 0 Å². The molecule has 1 saturated carbocycles. The molecule has 7 heteroatoms. The van der Waals surface area contributed by atoms with Gasteiger partial charge in [0.25, 0.3) is 5.91 Å². The predicted molar refractivity (Wildman–Crippen MR) is 57.4 cm³/mol. The Morgan fingerprint density at radius 3 is 2.47 bits per heavy atom. The Labute approximate surface area is 104 Å². The first-order valence-corrected chi connectivity index (χ1v) is 5.64. The minimum atomic E-state index is -4.40. The lowest BCUT2D eigenvalue weighted by Gasteiger charge is -2.20. The van der Waals surface area contributed by atoms with Gasteiger partial charge in [-0.2, -0.15) is 13.2 Å². The highest BCUT2D eigenvalue weighted by Crippen LogP contribution is 2.49. The Kier molecular flexibility index (Phi) is 2.89. The monoisotopic (exact) mass is 308 g/mol. The van der Waals surface area contributed by atoms with Gasteiger partial charge in [-0.15, -0.1) is 0 Å². The summed E-state index contributed by atoms with van der Waals surface area (Å²) < 4.78 is 38.3. The topological polar surface area (TPSA) is 42.0 Å². The highest BCUT2D eigenvalue weighted by atomic mass is 79.9. The normalized spacial score (nSPS) is 17.6. The first-order chi connectivity index (χ1) is 7.84. The third kappa shape index (κ3) is 2.43. The zero-order chi connectivity index (χ0) is 12.7. The highest BCUT2D eigenvalue weighted by Gasteiger charge is 2.64. The van der Waals surface area contributed by atoms with Gasteiger partial charge in [0.1, 0.15) is 10.1 Å². The van der Waals surface area contributed by atoms with E-state index in [2.05, 4.69) is 20.9 Å². The van der Waals surface area contributed by atoms with Crippen molar-refractivity contribution in [2.45, 2.75) is 24.6 Å². The van der Waals surface area contributed by atoms with Crippen LogP contribution in [0, 0.1) is 0 Å². The van der Waals surface area contributed by atoms with Crippen molar-refractivity contribution in [3.05, 3.63) is 28.5 Å². The summed E-state index contributed by atoms with van der Waals surface area (Å²) in [5.41, 5.74) is -1.92. The fourth-order valence-corrected chi connectivity index (χ4v) is 1.64. The molecule has 0 spiro atoms. The number of carbonyl (C=O) groups excluding carboxylic acids is 1. The number of halogens is 4. The second-order valence-corrected chi connectivity index (χ2v) is 4.72. The smallest absolute Gasteiger partial charge is 0.338 e. The number of alkyl halides is 3. The van der Waals surface area contributed by atoms with Crippen molar-refractivity contribution < 1.29 is 18.0 Å². The van der Waals surface area contributed by atoms with Crippen LogP contribution in [0.2, 0.25) is 0 Å². The summed E-state index contributed by atoms with van der Waals surface area (Å²) in [5, 5.41) is 2.02. The molecule has 1 amide bonds. The van der Waals surface area contributed by atoms with Crippen molar-refractivity contribution in [3.8, 4) is 0 Å². The molecular weight excluding hydrogens is 301 g/mol. The minimum Gasteiger partial charge on any atom is -0.338 e. The molecule has 1 N–H and O–H groups in total. The van der Waals surface area contributed by atoms with Crippen LogP contribution in [0.4, 0.5) is 13.2 Å². The van der Waals surface area contributed by atoms with Crippen molar-refractivity contribution in [1.29, 1.82) is 0 Å². The third-order valence-corrected chi connectivity index (χ3v) is 3.10. The third-order valence-electron chi connectivity index (χ3n) is 2.64. The molecular formula is C10H8BrF3N2O. The summed E-state index contributed by atoms with van der Waals surface area (Å²) in [7, 11) is 0. The Hall–Kier alpha value is -1.11. The lowest BCUT2D eigenvalue weighted by Crippen LogP contribution is -2.47. The summed E-state index contributed by atoms with van der Waals surface area (Å²) in [4.78, 5) is 15.4. The van der Waals surface area contributed by atoms with Crippen LogP contribution < -0.4 is 5.32 Å². The number of pyridine rings is 1. The second kappa shape index (κ2) is 3.97. The number of hydrogen-bond donors (Lipinski definition) is 1. The van der Waals surface area contributed by atoms with E-state index < -0.39 is 17.6 Å². The van der Waals surface area contributed by atoms with E-state index in [-0.39, 0.29) is 18.4 Å². The van der Waals surface area contributed by atoms with Gasteiger partial charge in [-0.05, 0) is 40.9 Å².